The van der Waals surface area contributed by atoms with Gasteiger partial charge in [-0.2, -0.15) is 0 Å². The molecule has 0 bridgehead atoms. The van der Waals surface area contributed by atoms with Crippen LogP contribution in [0.1, 0.15) is 6.92 Å². The van der Waals surface area contributed by atoms with Crippen LogP contribution in [0.4, 0.5) is 14.9 Å². The van der Waals surface area contributed by atoms with E-state index in [1.807, 2.05) is 6.92 Å². The number of urea groups is 1. The topological polar surface area (TPSA) is 32.3 Å². The molecule has 16 heavy (non-hydrogen) atoms. The van der Waals surface area contributed by atoms with Crippen LogP contribution < -0.4 is 5.32 Å². The zero-order valence-corrected chi connectivity index (χ0v) is 9.46. The van der Waals surface area contributed by atoms with Crippen molar-refractivity contribution in [3.05, 3.63) is 42.2 Å². The monoisotopic (exact) mass is 222 g/mol. The van der Waals surface area contributed by atoms with Crippen molar-refractivity contribution in [2.75, 3.05) is 18.9 Å². The molecule has 0 saturated heterocycles. The van der Waals surface area contributed by atoms with Gasteiger partial charge in [-0.3, -0.25) is 0 Å². The van der Waals surface area contributed by atoms with Crippen molar-refractivity contribution in [3.63, 3.8) is 0 Å². The Morgan fingerprint density at radius 1 is 1.50 bits per heavy atom. The van der Waals surface area contributed by atoms with Gasteiger partial charge in [-0.15, -0.1) is 0 Å². The van der Waals surface area contributed by atoms with E-state index in [1.165, 1.54) is 17.0 Å². The van der Waals surface area contributed by atoms with Gasteiger partial charge in [-0.05, 0) is 19.1 Å². The predicted molar refractivity (Wildman–Crippen MR) is 62.9 cm³/mol. The lowest BCUT2D eigenvalue weighted by Crippen LogP contribution is -2.32. The summed E-state index contributed by atoms with van der Waals surface area (Å²) in [6, 6.07) is 5.70. The summed E-state index contributed by atoms with van der Waals surface area (Å²) < 4.78 is 13.2. The maximum absolute atomic E-state index is 13.2. The number of rotatable bonds is 3. The van der Waals surface area contributed by atoms with Crippen LogP contribution in [-0.4, -0.2) is 24.5 Å². The van der Waals surface area contributed by atoms with Crippen molar-refractivity contribution in [1.29, 1.82) is 0 Å². The normalized spacial score (nSPS) is 9.69. The number of nitrogens with zero attached hydrogens (tertiary/aromatic N) is 1. The number of benzene rings is 1. The Bertz CT molecular complexity index is 404. The minimum atomic E-state index is -0.445. The van der Waals surface area contributed by atoms with Crippen LogP contribution in [0.25, 0.3) is 0 Å². The number of carbonyl (C=O) groups excluding carboxylic acids is 1. The van der Waals surface area contributed by atoms with E-state index in [4.69, 9.17) is 0 Å². The number of hydrogen-bond donors (Lipinski definition) is 1. The fraction of sp³-hybridized carbons (Fsp3) is 0.250. The molecule has 86 valence electrons. The van der Waals surface area contributed by atoms with Gasteiger partial charge in [0.05, 0.1) is 5.69 Å². The first-order valence-electron chi connectivity index (χ1n) is 4.91. The molecule has 0 aliphatic rings. The Morgan fingerprint density at radius 3 is 2.69 bits per heavy atom. The van der Waals surface area contributed by atoms with Gasteiger partial charge in [-0.1, -0.05) is 24.3 Å². The van der Waals surface area contributed by atoms with Gasteiger partial charge in [0, 0.05) is 13.6 Å². The van der Waals surface area contributed by atoms with Crippen LogP contribution in [0.15, 0.2) is 36.4 Å². The first-order valence-corrected chi connectivity index (χ1v) is 4.91. The summed E-state index contributed by atoms with van der Waals surface area (Å²) in [5, 5.41) is 2.49. The maximum atomic E-state index is 13.2. The van der Waals surface area contributed by atoms with E-state index in [1.54, 1.807) is 19.2 Å². The van der Waals surface area contributed by atoms with Crippen LogP contribution in [0, 0.1) is 5.82 Å². The van der Waals surface area contributed by atoms with Crippen molar-refractivity contribution in [3.8, 4) is 0 Å². The molecule has 1 N–H and O–H groups in total. The molecule has 3 nitrogen and oxygen atoms in total. The number of amides is 2. The average molecular weight is 222 g/mol. The smallest absolute Gasteiger partial charge is 0.321 e. The molecule has 0 unspecified atom stereocenters. The van der Waals surface area contributed by atoms with Crippen molar-refractivity contribution >= 4 is 11.7 Å². The zero-order chi connectivity index (χ0) is 12.1. The number of anilines is 1. The SMILES string of the molecule is C=C(C)CN(C)C(=O)Nc1ccccc1F. The van der Waals surface area contributed by atoms with Gasteiger partial charge in [0.25, 0.3) is 0 Å². The molecule has 0 spiro atoms. The molecular weight excluding hydrogens is 207 g/mol. The molecule has 0 aliphatic carbocycles. The molecule has 0 saturated carbocycles. The molecule has 0 fully saturated rings. The quantitative estimate of drug-likeness (QED) is 0.783. The maximum Gasteiger partial charge on any atom is 0.321 e. The molecule has 1 aromatic rings. The average Bonchev–Trinajstić information content (AvgIpc) is 2.20. The van der Waals surface area contributed by atoms with E-state index in [2.05, 4.69) is 11.9 Å². The zero-order valence-electron chi connectivity index (χ0n) is 9.46. The Labute approximate surface area is 94.6 Å². The van der Waals surface area contributed by atoms with Crippen LogP contribution in [0.3, 0.4) is 0 Å². The summed E-state index contributed by atoms with van der Waals surface area (Å²) >= 11 is 0. The second-order valence-electron chi connectivity index (χ2n) is 3.72. The molecule has 4 heteroatoms. The summed E-state index contributed by atoms with van der Waals surface area (Å²) in [6.45, 7) is 5.98. The van der Waals surface area contributed by atoms with E-state index >= 15 is 0 Å². The predicted octanol–water partition coefficient (Wildman–Crippen LogP) is 2.87. The summed E-state index contributed by atoms with van der Waals surface area (Å²) in [7, 11) is 1.63. The van der Waals surface area contributed by atoms with Crippen molar-refractivity contribution in [1.82, 2.24) is 4.90 Å². The molecule has 0 aliphatic heterocycles. The van der Waals surface area contributed by atoms with Gasteiger partial charge >= 0.3 is 6.03 Å². The van der Waals surface area contributed by atoms with Gasteiger partial charge in [0.2, 0.25) is 0 Å². The summed E-state index contributed by atoms with van der Waals surface area (Å²) in [4.78, 5) is 13.0. The molecule has 0 atom stereocenters. The highest BCUT2D eigenvalue weighted by molar-refractivity contribution is 5.89. The lowest BCUT2D eigenvalue weighted by atomic mass is 10.3. The van der Waals surface area contributed by atoms with E-state index < -0.39 is 5.82 Å². The lowest BCUT2D eigenvalue weighted by Gasteiger charge is -2.18. The van der Waals surface area contributed by atoms with Crippen molar-refractivity contribution in [2.45, 2.75) is 6.92 Å². The van der Waals surface area contributed by atoms with Crippen LogP contribution in [-0.2, 0) is 0 Å². The highest BCUT2D eigenvalue weighted by Crippen LogP contribution is 2.12. The summed E-state index contributed by atoms with van der Waals surface area (Å²) in [6.07, 6.45) is 0. The third-order valence-corrected chi connectivity index (χ3v) is 1.97. The standard InChI is InChI=1S/C12H15FN2O/c1-9(2)8-15(3)12(16)14-11-7-5-4-6-10(11)13/h4-7H,1,8H2,2-3H3,(H,14,16). The largest absolute Gasteiger partial charge is 0.324 e. The highest BCUT2D eigenvalue weighted by Gasteiger charge is 2.10. The van der Waals surface area contributed by atoms with E-state index in [-0.39, 0.29) is 11.7 Å². The Balaban J connectivity index is 2.64. The van der Waals surface area contributed by atoms with Crippen LogP contribution >= 0.6 is 0 Å². The van der Waals surface area contributed by atoms with Crippen molar-refractivity contribution in [2.24, 2.45) is 0 Å². The highest BCUT2D eigenvalue weighted by atomic mass is 19.1. The fourth-order valence-electron chi connectivity index (χ4n) is 1.25. The van der Waals surface area contributed by atoms with E-state index in [0.29, 0.717) is 6.54 Å². The third-order valence-electron chi connectivity index (χ3n) is 1.97. The molecule has 2 amide bonds. The Morgan fingerprint density at radius 2 is 2.12 bits per heavy atom. The van der Waals surface area contributed by atoms with Gasteiger partial charge in [-0.25, -0.2) is 9.18 Å². The Hall–Kier alpha value is -1.84. The number of hydrogen-bond acceptors (Lipinski definition) is 1. The molecule has 1 aromatic carbocycles. The number of likely N-dealkylation sites (N-methyl/N-ethyl adjacent to an activating group) is 1. The Kier molecular flexibility index (Phi) is 4.05. The minimum absolute atomic E-state index is 0.182. The van der Waals surface area contributed by atoms with Crippen molar-refractivity contribution < 1.29 is 9.18 Å². The summed E-state index contributed by atoms with van der Waals surface area (Å²) in [5.74, 6) is -0.445. The molecule has 0 heterocycles. The fourth-order valence-corrected chi connectivity index (χ4v) is 1.25. The number of carbonyl (C=O) groups is 1. The first-order chi connectivity index (χ1) is 7.50. The molecule has 1 rings (SSSR count). The van der Waals surface area contributed by atoms with Crippen LogP contribution in [0.5, 0.6) is 0 Å². The number of para-hydroxylation sites is 1. The number of halogens is 1. The van der Waals surface area contributed by atoms with Crippen LogP contribution in [0.2, 0.25) is 0 Å². The summed E-state index contributed by atoms with van der Waals surface area (Å²) in [5.41, 5.74) is 1.05. The molecule has 0 radical (unpaired) electrons. The lowest BCUT2D eigenvalue weighted by molar-refractivity contribution is 0.225. The molecule has 0 aromatic heterocycles. The van der Waals surface area contributed by atoms with E-state index in [9.17, 15) is 9.18 Å². The van der Waals surface area contributed by atoms with Gasteiger partial charge < -0.3 is 10.2 Å². The second-order valence-corrected chi connectivity index (χ2v) is 3.72. The van der Waals surface area contributed by atoms with Gasteiger partial charge in [0.15, 0.2) is 0 Å². The minimum Gasteiger partial charge on any atom is -0.324 e. The number of nitrogens with one attached hydrogen (secondary N) is 1. The van der Waals surface area contributed by atoms with Gasteiger partial charge in [0.1, 0.15) is 5.82 Å². The van der Waals surface area contributed by atoms with E-state index in [0.717, 1.165) is 5.57 Å². The second kappa shape index (κ2) is 5.30. The first kappa shape index (κ1) is 12.2. The third kappa shape index (κ3) is 3.38. The molecular formula is C12H15FN2O.